The smallest absolute Gasteiger partial charge is 0.230 e. The van der Waals surface area contributed by atoms with Crippen LogP contribution in [0, 0.1) is 0 Å². The summed E-state index contributed by atoms with van der Waals surface area (Å²) in [4.78, 5) is 2.10. The summed E-state index contributed by atoms with van der Waals surface area (Å²) >= 11 is 0. The fourth-order valence-electron chi connectivity index (χ4n) is 1.84. The predicted octanol–water partition coefficient (Wildman–Crippen LogP) is 1.54. The van der Waals surface area contributed by atoms with Gasteiger partial charge in [0.15, 0.2) is 0 Å². The first-order chi connectivity index (χ1) is 7.98. The molecule has 0 aromatic carbocycles. The maximum absolute atomic E-state index is 9.79. The molecule has 0 atom stereocenters. The summed E-state index contributed by atoms with van der Waals surface area (Å²) in [5, 5.41) is 17.9. The van der Waals surface area contributed by atoms with Gasteiger partial charge in [0.2, 0.25) is 11.8 Å². The second-order valence-corrected chi connectivity index (χ2v) is 5.42. The molecule has 0 aliphatic heterocycles. The molecule has 1 N–H and O–H groups in total. The fraction of sp³-hybridized carbons (Fsp3) is 0.833. The zero-order valence-corrected chi connectivity index (χ0v) is 10.8. The first-order valence-electron chi connectivity index (χ1n) is 6.25. The van der Waals surface area contributed by atoms with Gasteiger partial charge in [0.05, 0.1) is 12.1 Å². The predicted molar refractivity (Wildman–Crippen MR) is 63.5 cm³/mol. The Hall–Kier alpha value is -0.940. The fourth-order valence-corrected chi connectivity index (χ4v) is 1.84. The standard InChI is InChI=1S/C12H21N3O2/c1-4-15(8-12(2,3)16)7-10-13-14-11(17-10)9-5-6-9/h9,16H,4-8H2,1-3H3. The lowest BCUT2D eigenvalue weighted by atomic mass is 10.1. The van der Waals surface area contributed by atoms with E-state index in [9.17, 15) is 5.11 Å². The van der Waals surface area contributed by atoms with Crippen LogP contribution in [0.1, 0.15) is 51.3 Å². The lowest BCUT2D eigenvalue weighted by Crippen LogP contribution is -2.38. The number of likely N-dealkylation sites (N-methyl/N-ethyl adjacent to an activating group) is 1. The highest BCUT2D eigenvalue weighted by Gasteiger charge is 2.29. The molecule has 0 saturated heterocycles. The number of hydrogen-bond donors (Lipinski definition) is 1. The Bertz CT molecular complexity index is 366. The molecule has 1 saturated carbocycles. The minimum Gasteiger partial charge on any atom is -0.424 e. The van der Waals surface area contributed by atoms with E-state index in [1.165, 1.54) is 12.8 Å². The molecular weight excluding hydrogens is 218 g/mol. The van der Waals surface area contributed by atoms with E-state index in [1.807, 2.05) is 0 Å². The van der Waals surface area contributed by atoms with E-state index in [4.69, 9.17) is 4.42 Å². The molecule has 1 aromatic rings. The Morgan fingerprint density at radius 2 is 2.12 bits per heavy atom. The summed E-state index contributed by atoms with van der Waals surface area (Å²) in [6.45, 7) is 7.73. The van der Waals surface area contributed by atoms with Crippen molar-refractivity contribution >= 4 is 0 Å². The lowest BCUT2D eigenvalue weighted by molar-refractivity contribution is 0.0327. The van der Waals surface area contributed by atoms with Gasteiger partial charge in [0, 0.05) is 12.5 Å². The molecule has 5 nitrogen and oxygen atoms in total. The van der Waals surface area contributed by atoms with Gasteiger partial charge in [-0.1, -0.05) is 6.92 Å². The molecule has 2 rings (SSSR count). The Morgan fingerprint density at radius 1 is 1.41 bits per heavy atom. The molecule has 1 aromatic heterocycles. The molecule has 0 bridgehead atoms. The summed E-state index contributed by atoms with van der Waals surface area (Å²) in [6.07, 6.45) is 2.34. The highest BCUT2D eigenvalue weighted by Crippen LogP contribution is 2.39. The van der Waals surface area contributed by atoms with E-state index >= 15 is 0 Å². The molecule has 1 fully saturated rings. The van der Waals surface area contributed by atoms with Gasteiger partial charge >= 0.3 is 0 Å². The van der Waals surface area contributed by atoms with Crippen LogP contribution in [0.3, 0.4) is 0 Å². The van der Waals surface area contributed by atoms with Crippen LogP contribution >= 0.6 is 0 Å². The van der Waals surface area contributed by atoms with Crippen LogP contribution in [0.2, 0.25) is 0 Å². The van der Waals surface area contributed by atoms with Crippen molar-refractivity contribution in [1.82, 2.24) is 15.1 Å². The van der Waals surface area contributed by atoms with Crippen LogP contribution in [0.25, 0.3) is 0 Å². The van der Waals surface area contributed by atoms with Crippen molar-refractivity contribution in [3.63, 3.8) is 0 Å². The van der Waals surface area contributed by atoms with Crippen molar-refractivity contribution < 1.29 is 9.52 Å². The summed E-state index contributed by atoms with van der Waals surface area (Å²) in [5.41, 5.74) is -0.699. The van der Waals surface area contributed by atoms with Crippen LogP contribution in [-0.4, -0.2) is 38.9 Å². The molecule has 5 heteroatoms. The SMILES string of the molecule is CCN(Cc1nnc(C2CC2)o1)CC(C)(C)O. The molecule has 1 heterocycles. The minimum absolute atomic E-state index is 0.501. The van der Waals surface area contributed by atoms with Crippen LogP contribution in [-0.2, 0) is 6.54 Å². The Balaban J connectivity index is 1.92. The van der Waals surface area contributed by atoms with Gasteiger partial charge in [-0.3, -0.25) is 4.90 Å². The van der Waals surface area contributed by atoms with Crippen molar-refractivity contribution in [1.29, 1.82) is 0 Å². The van der Waals surface area contributed by atoms with E-state index in [0.717, 1.165) is 12.4 Å². The number of aliphatic hydroxyl groups is 1. The average molecular weight is 239 g/mol. The third-order valence-corrected chi connectivity index (χ3v) is 2.83. The second kappa shape index (κ2) is 4.74. The van der Waals surface area contributed by atoms with Crippen LogP contribution in [0.15, 0.2) is 4.42 Å². The van der Waals surface area contributed by atoms with Gasteiger partial charge < -0.3 is 9.52 Å². The van der Waals surface area contributed by atoms with Crippen LogP contribution in [0.4, 0.5) is 0 Å². The lowest BCUT2D eigenvalue weighted by Gasteiger charge is -2.26. The van der Waals surface area contributed by atoms with Crippen molar-refractivity contribution in [2.24, 2.45) is 0 Å². The van der Waals surface area contributed by atoms with Gasteiger partial charge in [-0.25, -0.2) is 0 Å². The molecular formula is C12H21N3O2. The first kappa shape index (κ1) is 12.5. The highest BCUT2D eigenvalue weighted by molar-refractivity contribution is 5.00. The van der Waals surface area contributed by atoms with Crippen LogP contribution in [0.5, 0.6) is 0 Å². The van der Waals surface area contributed by atoms with E-state index in [0.29, 0.717) is 24.9 Å². The average Bonchev–Trinajstić information content (AvgIpc) is 2.97. The normalized spacial score (nSPS) is 16.8. The number of nitrogens with zero attached hydrogens (tertiary/aromatic N) is 3. The monoisotopic (exact) mass is 239 g/mol. The van der Waals surface area contributed by atoms with E-state index in [-0.39, 0.29) is 0 Å². The molecule has 96 valence electrons. The molecule has 0 amide bonds. The maximum Gasteiger partial charge on any atom is 0.230 e. The van der Waals surface area contributed by atoms with Gasteiger partial charge in [-0.2, -0.15) is 0 Å². The zero-order valence-electron chi connectivity index (χ0n) is 10.8. The van der Waals surface area contributed by atoms with Crippen molar-refractivity contribution in [3.8, 4) is 0 Å². The minimum atomic E-state index is -0.699. The van der Waals surface area contributed by atoms with Crippen molar-refractivity contribution in [2.45, 2.75) is 51.7 Å². The summed E-state index contributed by atoms with van der Waals surface area (Å²) < 4.78 is 5.61. The third-order valence-electron chi connectivity index (χ3n) is 2.83. The van der Waals surface area contributed by atoms with Gasteiger partial charge in [-0.05, 0) is 33.2 Å². The maximum atomic E-state index is 9.79. The van der Waals surface area contributed by atoms with E-state index < -0.39 is 5.60 Å². The molecule has 0 unspecified atom stereocenters. The van der Waals surface area contributed by atoms with Gasteiger partial charge in [0.25, 0.3) is 0 Å². The van der Waals surface area contributed by atoms with Crippen molar-refractivity contribution in [2.75, 3.05) is 13.1 Å². The molecule has 1 aliphatic rings. The summed E-state index contributed by atoms with van der Waals surface area (Å²) in [6, 6.07) is 0. The Kier molecular flexibility index (Phi) is 3.49. The van der Waals surface area contributed by atoms with E-state index in [2.05, 4.69) is 22.0 Å². The second-order valence-electron chi connectivity index (χ2n) is 5.42. The van der Waals surface area contributed by atoms with Crippen LogP contribution < -0.4 is 0 Å². The van der Waals surface area contributed by atoms with Crippen molar-refractivity contribution in [3.05, 3.63) is 11.8 Å². The third kappa shape index (κ3) is 3.78. The number of rotatable bonds is 6. The highest BCUT2D eigenvalue weighted by atomic mass is 16.4. The quantitative estimate of drug-likeness (QED) is 0.816. The Morgan fingerprint density at radius 3 is 2.65 bits per heavy atom. The topological polar surface area (TPSA) is 62.4 Å². The molecule has 1 aliphatic carbocycles. The van der Waals surface area contributed by atoms with Gasteiger partial charge in [0.1, 0.15) is 0 Å². The van der Waals surface area contributed by atoms with E-state index in [1.54, 1.807) is 13.8 Å². The largest absolute Gasteiger partial charge is 0.424 e. The summed E-state index contributed by atoms with van der Waals surface area (Å²) in [7, 11) is 0. The first-order valence-corrected chi connectivity index (χ1v) is 6.25. The zero-order chi connectivity index (χ0) is 12.5. The Labute approximate surface area is 102 Å². The molecule has 0 radical (unpaired) electrons. The number of hydrogen-bond acceptors (Lipinski definition) is 5. The molecule has 0 spiro atoms. The van der Waals surface area contributed by atoms with Gasteiger partial charge in [-0.15, -0.1) is 10.2 Å². The number of aromatic nitrogens is 2. The summed E-state index contributed by atoms with van der Waals surface area (Å²) in [5.74, 6) is 1.93. The molecule has 17 heavy (non-hydrogen) atoms.